The number of amides is 2. The van der Waals surface area contributed by atoms with E-state index in [1.54, 1.807) is 22.9 Å². The molecule has 0 saturated carbocycles. The molecule has 3 aromatic rings. The average Bonchev–Trinajstić information content (AvgIpc) is 3.39. The third-order valence-corrected chi connectivity index (χ3v) is 6.16. The summed E-state index contributed by atoms with van der Waals surface area (Å²) in [5.41, 5.74) is 3.15. The van der Waals surface area contributed by atoms with Gasteiger partial charge in [-0.1, -0.05) is 23.4 Å². The van der Waals surface area contributed by atoms with Crippen molar-refractivity contribution in [1.29, 1.82) is 0 Å². The van der Waals surface area contributed by atoms with E-state index in [9.17, 15) is 9.59 Å². The first-order chi connectivity index (χ1) is 13.5. The molecule has 1 saturated heterocycles. The van der Waals surface area contributed by atoms with Crippen molar-refractivity contribution in [3.8, 4) is 0 Å². The summed E-state index contributed by atoms with van der Waals surface area (Å²) in [5.74, 6) is 1.47. The van der Waals surface area contributed by atoms with Crippen molar-refractivity contribution in [1.82, 2.24) is 20.4 Å². The number of hydrogen-bond donors (Lipinski definition) is 2. The number of thioether (sulfide) groups is 1. The van der Waals surface area contributed by atoms with Crippen LogP contribution in [0.5, 0.6) is 0 Å². The van der Waals surface area contributed by atoms with Crippen molar-refractivity contribution >= 4 is 34.5 Å². The van der Waals surface area contributed by atoms with E-state index in [1.165, 1.54) is 0 Å². The van der Waals surface area contributed by atoms with Crippen molar-refractivity contribution < 1.29 is 14.1 Å². The van der Waals surface area contributed by atoms with Crippen LogP contribution < -0.4 is 5.32 Å². The molecule has 146 valence electrons. The van der Waals surface area contributed by atoms with Crippen LogP contribution in [0, 0.1) is 13.8 Å². The van der Waals surface area contributed by atoms with Gasteiger partial charge in [0.25, 0.3) is 5.91 Å². The van der Waals surface area contributed by atoms with E-state index in [2.05, 4.69) is 15.5 Å². The summed E-state index contributed by atoms with van der Waals surface area (Å²) in [6.07, 6.45) is 1.72. The number of H-pyrrole nitrogens is 1. The Kier molecular flexibility index (Phi) is 4.89. The van der Waals surface area contributed by atoms with Crippen LogP contribution in [0.3, 0.4) is 0 Å². The number of aromatic amines is 1. The molecule has 0 spiro atoms. The highest BCUT2D eigenvalue weighted by Gasteiger charge is 2.36. The summed E-state index contributed by atoms with van der Waals surface area (Å²) in [5, 5.41) is 7.84. The Morgan fingerprint density at radius 1 is 1.36 bits per heavy atom. The van der Waals surface area contributed by atoms with E-state index in [0.717, 1.165) is 22.2 Å². The van der Waals surface area contributed by atoms with Gasteiger partial charge in [-0.15, -0.1) is 11.8 Å². The molecule has 2 N–H and O–H groups in total. The van der Waals surface area contributed by atoms with Gasteiger partial charge in [0.2, 0.25) is 5.91 Å². The van der Waals surface area contributed by atoms with Gasteiger partial charge in [0.1, 0.15) is 11.8 Å². The van der Waals surface area contributed by atoms with Crippen LogP contribution in [0.1, 0.15) is 40.3 Å². The minimum absolute atomic E-state index is 0.132. The quantitative estimate of drug-likeness (QED) is 0.704. The van der Waals surface area contributed by atoms with Gasteiger partial charge in [-0.3, -0.25) is 9.59 Å². The number of para-hydroxylation sites is 1. The molecular weight excluding hydrogens is 376 g/mol. The summed E-state index contributed by atoms with van der Waals surface area (Å²) in [4.78, 5) is 30.9. The van der Waals surface area contributed by atoms with Crippen LogP contribution in [-0.4, -0.2) is 44.5 Å². The van der Waals surface area contributed by atoms with Gasteiger partial charge in [0.05, 0.1) is 23.2 Å². The fourth-order valence-corrected chi connectivity index (χ4v) is 4.91. The number of aromatic nitrogens is 2. The number of benzene rings is 1. The van der Waals surface area contributed by atoms with Crippen LogP contribution in [0.4, 0.5) is 0 Å². The largest absolute Gasteiger partial charge is 0.361 e. The Labute approximate surface area is 166 Å². The fraction of sp³-hybridized carbons (Fsp3) is 0.350. The second kappa shape index (κ2) is 7.35. The zero-order valence-corrected chi connectivity index (χ0v) is 16.8. The van der Waals surface area contributed by atoms with Crippen molar-refractivity contribution in [2.75, 3.05) is 11.6 Å². The van der Waals surface area contributed by atoms with E-state index in [0.29, 0.717) is 23.0 Å². The molecule has 3 heterocycles. The summed E-state index contributed by atoms with van der Waals surface area (Å²) < 4.78 is 5.20. The molecule has 1 aliphatic heterocycles. The molecule has 4 rings (SSSR count). The molecule has 2 amide bonds. The number of fused-ring (bicyclic) bond motifs is 1. The minimum Gasteiger partial charge on any atom is -0.361 e. The van der Waals surface area contributed by atoms with E-state index in [-0.39, 0.29) is 17.9 Å². The second-order valence-electron chi connectivity index (χ2n) is 7.01. The Bertz CT molecular complexity index is 1020. The predicted molar refractivity (Wildman–Crippen MR) is 108 cm³/mol. The normalized spacial score (nSPS) is 17.8. The molecule has 28 heavy (non-hydrogen) atoms. The van der Waals surface area contributed by atoms with Gasteiger partial charge in [-0.2, -0.15) is 0 Å². The van der Waals surface area contributed by atoms with Gasteiger partial charge in [0, 0.05) is 28.4 Å². The Morgan fingerprint density at radius 2 is 2.14 bits per heavy atom. The van der Waals surface area contributed by atoms with E-state index in [1.807, 2.05) is 45.0 Å². The van der Waals surface area contributed by atoms with Gasteiger partial charge >= 0.3 is 0 Å². The lowest BCUT2D eigenvalue weighted by Gasteiger charge is -2.24. The summed E-state index contributed by atoms with van der Waals surface area (Å²) in [7, 11) is 0. The third-order valence-electron chi connectivity index (χ3n) is 5.15. The molecule has 0 bridgehead atoms. The number of rotatable bonds is 4. The van der Waals surface area contributed by atoms with Gasteiger partial charge in [-0.05, 0) is 26.8 Å². The molecule has 7 nitrogen and oxygen atoms in total. The topological polar surface area (TPSA) is 91.2 Å². The number of hydrogen-bond acceptors (Lipinski definition) is 5. The summed E-state index contributed by atoms with van der Waals surface area (Å²) >= 11 is 1.58. The number of nitrogens with zero attached hydrogens (tertiary/aromatic N) is 2. The predicted octanol–water partition coefficient (Wildman–Crippen LogP) is 3.17. The number of carbonyl (C=O) groups excluding carboxylic acids is 2. The van der Waals surface area contributed by atoms with Crippen LogP contribution >= 0.6 is 11.8 Å². The zero-order chi connectivity index (χ0) is 19.8. The van der Waals surface area contributed by atoms with Crippen molar-refractivity contribution in [2.45, 2.75) is 32.9 Å². The molecular formula is C20H22N4O3S. The van der Waals surface area contributed by atoms with Crippen LogP contribution in [0.25, 0.3) is 10.9 Å². The molecule has 2 unspecified atom stereocenters. The monoisotopic (exact) mass is 398 g/mol. The van der Waals surface area contributed by atoms with Gasteiger partial charge < -0.3 is 19.7 Å². The average molecular weight is 398 g/mol. The Hall–Kier alpha value is -2.74. The van der Waals surface area contributed by atoms with Crippen molar-refractivity contribution in [3.63, 3.8) is 0 Å². The van der Waals surface area contributed by atoms with E-state index < -0.39 is 6.04 Å². The van der Waals surface area contributed by atoms with E-state index in [4.69, 9.17) is 4.52 Å². The third kappa shape index (κ3) is 3.17. The smallest absolute Gasteiger partial charge is 0.257 e. The first-order valence-electron chi connectivity index (χ1n) is 9.15. The van der Waals surface area contributed by atoms with Crippen LogP contribution in [-0.2, 0) is 4.79 Å². The molecule has 1 aromatic carbocycles. The molecule has 0 radical (unpaired) electrons. The lowest BCUT2D eigenvalue weighted by Crippen LogP contribution is -2.47. The van der Waals surface area contributed by atoms with Crippen LogP contribution in [0.15, 0.2) is 35.0 Å². The van der Waals surface area contributed by atoms with Crippen molar-refractivity contribution in [3.05, 3.63) is 53.0 Å². The second-order valence-corrected chi connectivity index (χ2v) is 8.01. The summed E-state index contributed by atoms with van der Waals surface area (Å²) in [6.45, 7) is 5.58. The molecule has 2 aromatic heterocycles. The molecule has 0 aliphatic carbocycles. The first-order valence-corrected chi connectivity index (χ1v) is 10.3. The highest BCUT2D eigenvalue weighted by Crippen LogP contribution is 2.28. The number of nitrogens with one attached hydrogen (secondary N) is 2. The lowest BCUT2D eigenvalue weighted by molar-refractivity contribution is -0.125. The Balaban J connectivity index is 1.53. The standard InChI is InChI=1S/C20H22N4O3S/c1-11(18-12(2)23-27-13(18)3)22-19(25)17-9-28-10-24(17)20(26)15-8-21-16-7-5-4-6-14(15)16/h4-8,11,17,21H,9-10H2,1-3H3,(H,22,25). The minimum atomic E-state index is -0.505. The van der Waals surface area contributed by atoms with Crippen LogP contribution in [0.2, 0.25) is 0 Å². The fourth-order valence-electron chi connectivity index (χ4n) is 3.75. The van der Waals surface area contributed by atoms with Crippen molar-refractivity contribution in [2.24, 2.45) is 0 Å². The van der Waals surface area contributed by atoms with Gasteiger partial charge in [-0.25, -0.2) is 0 Å². The first kappa shape index (κ1) is 18.6. The molecule has 2 atom stereocenters. The maximum Gasteiger partial charge on any atom is 0.257 e. The SMILES string of the molecule is Cc1noc(C)c1C(C)NC(=O)C1CSCN1C(=O)c1c[nH]c2ccccc12. The Morgan fingerprint density at radius 3 is 2.89 bits per heavy atom. The maximum absolute atomic E-state index is 13.1. The van der Waals surface area contributed by atoms with Gasteiger partial charge in [0.15, 0.2) is 0 Å². The number of carbonyl (C=O) groups is 2. The highest BCUT2D eigenvalue weighted by molar-refractivity contribution is 7.99. The molecule has 1 fully saturated rings. The molecule has 1 aliphatic rings. The van der Waals surface area contributed by atoms with E-state index >= 15 is 0 Å². The zero-order valence-electron chi connectivity index (χ0n) is 16.0. The number of aryl methyl sites for hydroxylation is 2. The maximum atomic E-state index is 13.1. The molecule has 8 heteroatoms. The summed E-state index contributed by atoms with van der Waals surface area (Å²) in [6, 6.07) is 6.92. The lowest BCUT2D eigenvalue weighted by atomic mass is 10.1. The highest BCUT2D eigenvalue weighted by atomic mass is 32.2.